The summed E-state index contributed by atoms with van der Waals surface area (Å²) in [5.41, 5.74) is -0.893. The third-order valence-corrected chi connectivity index (χ3v) is 5.03. The summed E-state index contributed by atoms with van der Waals surface area (Å²) in [6.07, 6.45) is -0.368. The van der Waals surface area contributed by atoms with Gasteiger partial charge in [0.1, 0.15) is 11.6 Å². The number of para-hydroxylation sites is 2. The van der Waals surface area contributed by atoms with Crippen LogP contribution in [-0.4, -0.2) is 53.6 Å². The summed E-state index contributed by atoms with van der Waals surface area (Å²) in [4.78, 5) is 37.9. The van der Waals surface area contributed by atoms with E-state index in [0.717, 1.165) is 0 Å². The van der Waals surface area contributed by atoms with E-state index in [1.807, 2.05) is 12.1 Å². The maximum Gasteiger partial charge on any atom is 0.322 e. The Bertz CT molecular complexity index is 742. The molecule has 4 rings (SSSR count). The molecule has 2 atom stereocenters. The first kappa shape index (κ1) is 15.7. The Morgan fingerprint density at radius 3 is 2.40 bits per heavy atom. The highest BCUT2D eigenvalue weighted by Gasteiger charge is 2.49. The summed E-state index contributed by atoms with van der Waals surface area (Å²) < 4.78 is 11.6. The first-order valence-electron chi connectivity index (χ1n) is 8.33. The molecule has 3 heterocycles. The van der Waals surface area contributed by atoms with Gasteiger partial charge in [0.25, 0.3) is 11.8 Å². The molecule has 0 aliphatic carbocycles. The molecule has 8 nitrogen and oxygen atoms in total. The number of amides is 4. The lowest BCUT2D eigenvalue weighted by Gasteiger charge is -2.40. The van der Waals surface area contributed by atoms with E-state index in [2.05, 4.69) is 10.6 Å². The molecular weight excluding hydrogens is 326 g/mol. The van der Waals surface area contributed by atoms with Gasteiger partial charge in [-0.2, -0.15) is 0 Å². The van der Waals surface area contributed by atoms with Crippen molar-refractivity contribution in [1.29, 1.82) is 0 Å². The minimum absolute atomic E-state index is 0.165. The molecule has 25 heavy (non-hydrogen) atoms. The van der Waals surface area contributed by atoms with Gasteiger partial charge in [0.05, 0.1) is 0 Å². The van der Waals surface area contributed by atoms with Crippen LogP contribution in [0.1, 0.15) is 19.8 Å². The van der Waals surface area contributed by atoms with E-state index in [4.69, 9.17) is 9.47 Å². The second kappa shape index (κ2) is 5.65. The maximum atomic E-state index is 12.9. The Morgan fingerprint density at radius 1 is 1.16 bits per heavy atom. The van der Waals surface area contributed by atoms with Gasteiger partial charge in [-0.3, -0.25) is 14.9 Å². The number of benzene rings is 1. The topological polar surface area (TPSA) is 97.0 Å². The summed E-state index contributed by atoms with van der Waals surface area (Å²) in [6, 6.07) is 6.77. The van der Waals surface area contributed by atoms with Crippen LogP contribution in [0.15, 0.2) is 24.3 Å². The molecule has 2 saturated heterocycles. The molecule has 0 radical (unpaired) electrons. The van der Waals surface area contributed by atoms with Crippen LogP contribution in [0.2, 0.25) is 0 Å². The van der Waals surface area contributed by atoms with Crippen molar-refractivity contribution in [3.05, 3.63) is 24.3 Å². The van der Waals surface area contributed by atoms with Gasteiger partial charge in [-0.05, 0) is 31.9 Å². The number of likely N-dealkylation sites (tertiary alicyclic amines) is 1. The summed E-state index contributed by atoms with van der Waals surface area (Å²) in [7, 11) is 0. The molecule has 0 bridgehead atoms. The van der Waals surface area contributed by atoms with E-state index in [9.17, 15) is 14.4 Å². The van der Waals surface area contributed by atoms with Crippen molar-refractivity contribution in [2.75, 3.05) is 13.1 Å². The van der Waals surface area contributed by atoms with Crippen LogP contribution in [-0.2, 0) is 9.59 Å². The SMILES string of the molecule is C[C@@H]1Oc2ccccc2O[C@@H]1C(=O)N1CCC2(CC1)NC(=O)NC2=O. The number of carbonyl (C=O) groups excluding carboxylic acids is 3. The molecular formula is C17H19N3O5. The van der Waals surface area contributed by atoms with Gasteiger partial charge < -0.3 is 19.7 Å². The van der Waals surface area contributed by atoms with Gasteiger partial charge in [-0.15, -0.1) is 0 Å². The fourth-order valence-electron chi connectivity index (χ4n) is 3.56. The zero-order valence-electron chi connectivity index (χ0n) is 13.8. The zero-order valence-corrected chi connectivity index (χ0v) is 13.8. The van der Waals surface area contributed by atoms with Crippen LogP contribution in [0.3, 0.4) is 0 Å². The number of nitrogens with zero attached hydrogens (tertiary/aromatic N) is 1. The monoisotopic (exact) mass is 345 g/mol. The van der Waals surface area contributed by atoms with E-state index < -0.39 is 23.8 Å². The number of hydrogen-bond donors (Lipinski definition) is 2. The minimum atomic E-state index is -0.893. The molecule has 8 heteroatoms. The van der Waals surface area contributed by atoms with Crippen LogP contribution in [0.4, 0.5) is 4.79 Å². The number of ether oxygens (including phenoxy) is 2. The third-order valence-electron chi connectivity index (χ3n) is 5.03. The highest BCUT2D eigenvalue weighted by Crippen LogP contribution is 2.34. The molecule has 1 spiro atoms. The van der Waals surface area contributed by atoms with E-state index in [-0.39, 0.29) is 11.8 Å². The first-order chi connectivity index (χ1) is 12.0. The predicted molar refractivity (Wildman–Crippen MR) is 86.2 cm³/mol. The van der Waals surface area contributed by atoms with Crippen LogP contribution in [0.5, 0.6) is 11.5 Å². The smallest absolute Gasteiger partial charge is 0.322 e. The number of piperidine rings is 1. The first-order valence-corrected chi connectivity index (χ1v) is 8.33. The Labute approximate surface area is 144 Å². The number of nitrogens with one attached hydrogen (secondary N) is 2. The number of rotatable bonds is 1. The lowest BCUT2D eigenvalue weighted by atomic mass is 9.87. The Balaban J connectivity index is 1.44. The number of fused-ring (bicyclic) bond motifs is 1. The van der Waals surface area contributed by atoms with E-state index in [0.29, 0.717) is 37.4 Å². The summed E-state index contributed by atoms with van der Waals surface area (Å²) >= 11 is 0. The lowest BCUT2D eigenvalue weighted by Crippen LogP contribution is -2.59. The molecule has 0 saturated carbocycles. The quantitative estimate of drug-likeness (QED) is 0.719. The zero-order chi connectivity index (χ0) is 17.6. The highest BCUT2D eigenvalue weighted by atomic mass is 16.6. The molecule has 1 aromatic carbocycles. The van der Waals surface area contributed by atoms with Crippen molar-refractivity contribution in [2.24, 2.45) is 0 Å². The molecule has 4 amide bonds. The van der Waals surface area contributed by atoms with Crippen LogP contribution >= 0.6 is 0 Å². The van der Waals surface area contributed by atoms with Crippen LogP contribution in [0, 0.1) is 0 Å². The molecule has 132 valence electrons. The molecule has 3 aliphatic rings. The average Bonchev–Trinajstić information content (AvgIpc) is 2.87. The van der Waals surface area contributed by atoms with Gasteiger partial charge in [-0.25, -0.2) is 4.79 Å². The van der Waals surface area contributed by atoms with E-state index in [1.165, 1.54) is 0 Å². The van der Waals surface area contributed by atoms with Gasteiger partial charge >= 0.3 is 6.03 Å². The summed E-state index contributed by atoms with van der Waals surface area (Å²) in [5.74, 6) is 0.697. The maximum absolute atomic E-state index is 12.9. The highest BCUT2D eigenvalue weighted by molar-refractivity contribution is 6.07. The average molecular weight is 345 g/mol. The fraction of sp³-hybridized carbons (Fsp3) is 0.471. The minimum Gasteiger partial charge on any atom is -0.482 e. The van der Waals surface area contributed by atoms with Gasteiger partial charge in [0, 0.05) is 13.1 Å². The molecule has 0 aromatic heterocycles. The van der Waals surface area contributed by atoms with Gasteiger partial charge in [0.15, 0.2) is 11.5 Å². The van der Waals surface area contributed by atoms with Gasteiger partial charge in [0.2, 0.25) is 6.10 Å². The van der Waals surface area contributed by atoms with Crippen LogP contribution < -0.4 is 20.1 Å². The lowest BCUT2D eigenvalue weighted by molar-refractivity contribution is -0.147. The fourth-order valence-corrected chi connectivity index (χ4v) is 3.56. The largest absolute Gasteiger partial charge is 0.482 e. The van der Waals surface area contributed by atoms with Crippen molar-refractivity contribution < 1.29 is 23.9 Å². The van der Waals surface area contributed by atoms with Crippen molar-refractivity contribution in [2.45, 2.75) is 37.5 Å². The number of urea groups is 1. The third kappa shape index (κ3) is 2.57. The Hall–Kier alpha value is -2.77. The van der Waals surface area contributed by atoms with Gasteiger partial charge in [-0.1, -0.05) is 12.1 Å². The Morgan fingerprint density at radius 2 is 1.80 bits per heavy atom. The van der Waals surface area contributed by atoms with E-state index >= 15 is 0 Å². The van der Waals surface area contributed by atoms with Crippen molar-refractivity contribution in [3.63, 3.8) is 0 Å². The number of hydrogen-bond acceptors (Lipinski definition) is 5. The normalized spacial score (nSPS) is 27.0. The van der Waals surface area contributed by atoms with E-state index in [1.54, 1.807) is 24.0 Å². The second-order valence-electron chi connectivity index (χ2n) is 6.62. The summed E-state index contributed by atoms with van der Waals surface area (Å²) in [5, 5.41) is 4.95. The summed E-state index contributed by atoms with van der Waals surface area (Å²) in [6.45, 7) is 2.55. The van der Waals surface area contributed by atoms with Crippen molar-refractivity contribution in [3.8, 4) is 11.5 Å². The second-order valence-corrected chi connectivity index (χ2v) is 6.62. The van der Waals surface area contributed by atoms with Crippen molar-refractivity contribution >= 4 is 17.8 Å². The number of imide groups is 1. The molecule has 2 fully saturated rings. The van der Waals surface area contributed by atoms with Crippen molar-refractivity contribution in [1.82, 2.24) is 15.5 Å². The molecule has 2 N–H and O–H groups in total. The predicted octanol–water partition coefficient (Wildman–Crippen LogP) is 0.416. The molecule has 1 aromatic rings. The molecule has 0 unspecified atom stereocenters. The molecule has 3 aliphatic heterocycles. The Kier molecular flexibility index (Phi) is 3.55. The number of carbonyl (C=O) groups is 3. The van der Waals surface area contributed by atoms with Crippen LogP contribution in [0.25, 0.3) is 0 Å². The standard InChI is InChI=1S/C17H19N3O5/c1-10-13(25-12-5-3-2-4-11(12)24-10)14(21)20-8-6-17(7-9-20)15(22)18-16(23)19-17/h2-5,10,13H,6-9H2,1H3,(H2,18,19,22,23)/t10-,13-/m0/s1.